The van der Waals surface area contributed by atoms with Crippen LogP contribution in [0.2, 0.25) is 0 Å². The summed E-state index contributed by atoms with van der Waals surface area (Å²) in [5, 5.41) is 2.15. The molecule has 2 aromatic rings. The highest BCUT2D eigenvalue weighted by atomic mass is 79.9. The first-order valence-electron chi connectivity index (χ1n) is 7.86. The van der Waals surface area contributed by atoms with Crippen LogP contribution in [0.15, 0.2) is 52.5 Å². The first-order chi connectivity index (χ1) is 12.9. The average Bonchev–Trinajstić information content (AvgIpc) is 2.64. The van der Waals surface area contributed by atoms with Gasteiger partial charge in [-0.05, 0) is 57.4 Å². The molecule has 27 heavy (non-hydrogen) atoms. The standard InChI is InChI=1S/C19H14BrFN2O4/c1-27-16-7-4-12(9-15(16)20)8-14-17(24)22-19(26)23(18(14)25)10-11-2-5-13(21)6-3-11/h2-9H,10H2,1H3,(H,22,24,26)/b14-8-. The Balaban J connectivity index is 1.89. The van der Waals surface area contributed by atoms with Gasteiger partial charge in [-0.25, -0.2) is 9.18 Å². The van der Waals surface area contributed by atoms with Crippen molar-refractivity contribution in [2.75, 3.05) is 7.11 Å². The van der Waals surface area contributed by atoms with E-state index in [9.17, 15) is 18.8 Å². The zero-order valence-electron chi connectivity index (χ0n) is 14.2. The molecule has 0 radical (unpaired) electrons. The number of imide groups is 2. The summed E-state index contributed by atoms with van der Waals surface area (Å²) in [6.07, 6.45) is 1.39. The van der Waals surface area contributed by atoms with Gasteiger partial charge in [0.2, 0.25) is 0 Å². The number of carbonyl (C=O) groups is 3. The van der Waals surface area contributed by atoms with E-state index in [1.165, 1.54) is 37.5 Å². The van der Waals surface area contributed by atoms with Gasteiger partial charge >= 0.3 is 6.03 Å². The fourth-order valence-corrected chi connectivity index (χ4v) is 3.11. The lowest BCUT2D eigenvalue weighted by Crippen LogP contribution is -2.53. The largest absolute Gasteiger partial charge is 0.496 e. The number of urea groups is 1. The van der Waals surface area contributed by atoms with E-state index in [1.807, 2.05) is 0 Å². The first-order valence-corrected chi connectivity index (χ1v) is 8.65. The highest BCUT2D eigenvalue weighted by Crippen LogP contribution is 2.27. The second-order valence-electron chi connectivity index (χ2n) is 5.73. The zero-order chi connectivity index (χ0) is 19.6. The Kier molecular flexibility index (Phi) is 5.36. The lowest BCUT2D eigenvalue weighted by atomic mass is 10.1. The Morgan fingerprint density at radius 3 is 2.48 bits per heavy atom. The van der Waals surface area contributed by atoms with Crippen molar-refractivity contribution in [1.82, 2.24) is 10.2 Å². The Labute approximate surface area is 162 Å². The molecule has 3 rings (SSSR count). The normalized spacial score (nSPS) is 15.9. The molecule has 0 bridgehead atoms. The van der Waals surface area contributed by atoms with Gasteiger partial charge in [0.25, 0.3) is 11.8 Å². The van der Waals surface area contributed by atoms with Crippen LogP contribution in [0.3, 0.4) is 0 Å². The number of hydrogen-bond acceptors (Lipinski definition) is 4. The van der Waals surface area contributed by atoms with Crippen LogP contribution in [0.1, 0.15) is 11.1 Å². The van der Waals surface area contributed by atoms with Crippen LogP contribution < -0.4 is 10.1 Å². The second-order valence-corrected chi connectivity index (χ2v) is 6.58. The van der Waals surface area contributed by atoms with Gasteiger partial charge in [0.1, 0.15) is 17.1 Å². The predicted molar refractivity (Wildman–Crippen MR) is 99.2 cm³/mol. The Hall–Kier alpha value is -3.00. The first kappa shape index (κ1) is 18.8. The van der Waals surface area contributed by atoms with Crippen LogP contribution in [0.4, 0.5) is 9.18 Å². The van der Waals surface area contributed by atoms with Gasteiger partial charge in [-0.3, -0.25) is 19.8 Å². The van der Waals surface area contributed by atoms with Crippen LogP contribution in [0.5, 0.6) is 5.75 Å². The molecule has 138 valence electrons. The number of halogens is 2. The van der Waals surface area contributed by atoms with E-state index in [0.29, 0.717) is 21.3 Å². The van der Waals surface area contributed by atoms with Crippen LogP contribution in [0.25, 0.3) is 6.08 Å². The van der Waals surface area contributed by atoms with Crippen LogP contribution >= 0.6 is 15.9 Å². The van der Waals surface area contributed by atoms with Gasteiger partial charge in [0, 0.05) is 0 Å². The molecule has 1 aliphatic rings. The number of amides is 4. The number of ether oxygens (including phenoxy) is 1. The fraction of sp³-hybridized carbons (Fsp3) is 0.105. The van der Waals surface area contributed by atoms with E-state index >= 15 is 0 Å². The van der Waals surface area contributed by atoms with Crippen molar-refractivity contribution < 1.29 is 23.5 Å². The second kappa shape index (κ2) is 7.71. The maximum atomic E-state index is 13.0. The van der Waals surface area contributed by atoms with E-state index in [-0.39, 0.29) is 12.1 Å². The van der Waals surface area contributed by atoms with Gasteiger partial charge in [-0.2, -0.15) is 0 Å². The van der Waals surface area contributed by atoms with Gasteiger partial charge in [0.15, 0.2) is 0 Å². The average molecular weight is 433 g/mol. The maximum absolute atomic E-state index is 13.0. The fourth-order valence-electron chi connectivity index (χ4n) is 2.55. The van der Waals surface area contributed by atoms with E-state index in [2.05, 4.69) is 21.2 Å². The molecular weight excluding hydrogens is 419 g/mol. The van der Waals surface area contributed by atoms with Gasteiger partial charge < -0.3 is 4.74 Å². The highest BCUT2D eigenvalue weighted by molar-refractivity contribution is 9.10. The predicted octanol–water partition coefficient (Wildman–Crippen LogP) is 3.26. The Morgan fingerprint density at radius 2 is 1.85 bits per heavy atom. The van der Waals surface area contributed by atoms with E-state index in [1.54, 1.807) is 18.2 Å². The molecule has 8 heteroatoms. The summed E-state index contributed by atoms with van der Waals surface area (Å²) in [6, 6.07) is 9.64. The Morgan fingerprint density at radius 1 is 1.15 bits per heavy atom. The summed E-state index contributed by atoms with van der Waals surface area (Å²) in [5.41, 5.74) is 0.965. The number of hydrogen-bond donors (Lipinski definition) is 1. The molecule has 0 atom stereocenters. The van der Waals surface area contributed by atoms with Crippen LogP contribution in [-0.4, -0.2) is 29.9 Å². The molecule has 0 spiro atoms. The maximum Gasteiger partial charge on any atom is 0.331 e. The summed E-state index contributed by atoms with van der Waals surface area (Å²) >= 11 is 3.34. The number of barbiturate groups is 1. The lowest BCUT2D eigenvalue weighted by molar-refractivity contribution is -0.130. The van der Waals surface area contributed by atoms with E-state index < -0.39 is 23.7 Å². The summed E-state index contributed by atoms with van der Waals surface area (Å²) in [4.78, 5) is 37.8. The van der Waals surface area contributed by atoms with Crippen molar-refractivity contribution >= 4 is 39.9 Å². The Bertz CT molecular complexity index is 957. The summed E-state index contributed by atoms with van der Waals surface area (Å²) in [6.45, 7) is -0.0815. The molecular formula is C19H14BrFN2O4. The lowest BCUT2D eigenvalue weighted by Gasteiger charge is -2.26. The molecule has 0 saturated carbocycles. The molecule has 4 amide bonds. The van der Waals surface area contributed by atoms with Crippen molar-refractivity contribution in [3.63, 3.8) is 0 Å². The molecule has 1 saturated heterocycles. The third-order valence-electron chi connectivity index (χ3n) is 3.93. The van der Waals surface area contributed by atoms with Crippen LogP contribution in [0, 0.1) is 5.82 Å². The molecule has 2 aromatic carbocycles. The van der Waals surface area contributed by atoms with Gasteiger partial charge in [0.05, 0.1) is 18.1 Å². The van der Waals surface area contributed by atoms with Crippen molar-refractivity contribution in [3.8, 4) is 5.75 Å². The van der Waals surface area contributed by atoms with E-state index in [0.717, 1.165) is 4.90 Å². The van der Waals surface area contributed by atoms with Crippen molar-refractivity contribution in [1.29, 1.82) is 0 Å². The number of benzene rings is 2. The number of rotatable bonds is 4. The molecule has 0 aromatic heterocycles. The SMILES string of the molecule is COc1ccc(/C=C2/C(=O)NC(=O)N(Cc3ccc(F)cc3)C2=O)cc1Br. The molecule has 1 fully saturated rings. The third-order valence-corrected chi connectivity index (χ3v) is 4.55. The molecule has 0 unspecified atom stereocenters. The van der Waals surface area contributed by atoms with E-state index in [4.69, 9.17) is 4.74 Å². The van der Waals surface area contributed by atoms with Crippen molar-refractivity contribution in [2.45, 2.75) is 6.54 Å². The molecule has 6 nitrogen and oxygen atoms in total. The highest BCUT2D eigenvalue weighted by Gasteiger charge is 2.35. The number of methoxy groups -OCH3 is 1. The van der Waals surface area contributed by atoms with Crippen molar-refractivity contribution in [3.05, 3.63) is 69.5 Å². The molecule has 1 aliphatic heterocycles. The summed E-state index contributed by atoms with van der Waals surface area (Å²) in [7, 11) is 1.52. The van der Waals surface area contributed by atoms with Gasteiger partial charge in [-0.15, -0.1) is 0 Å². The molecule has 1 N–H and O–H groups in total. The quantitative estimate of drug-likeness (QED) is 0.594. The van der Waals surface area contributed by atoms with Gasteiger partial charge in [-0.1, -0.05) is 18.2 Å². The minimum absolute atomic E-state index is 0.0815. The number of nitrogens with one attached hydrogen (secondary N) is 1. The minimum atomic E-state index is -0.817. The summed E-state index contributed by atoms with van der Waals surface area (Å²) in [5.74, 6) is -1.31. The monoisotopic (exact) mass is 432 g/mol. The summed E-state index contributed by atoms with van der Waals surface area (Å²) < 4.78 is 18.8. The smallest absolute Gasteiger partial charge is 0.331 e. The van der Waals surface area contributed by atoms with Crippen LogP contribution in [-0.2, 0) is 16.1 Å². The topological polar surface area (TPSA) is 75.7 Å². The number of nitrogens with zero attached hydrogens (tertiary/aromatic N) is 1. The third kappa shape index (κ3) is 4.06. The number of carbonyl (C=O) groups excluding carboxylic acids is 3. The zero-order valence-corrected chi connectivity index (χ0v) is 15.7. The molecule has 1 heterocycles. The molecule has 0 aliphatic carbocycles. The van der Waals surface area contributed by atoms with Crippen molar-refractivity contribution in [2.24, 2.45) is 0 Å². The minimum Gasteiger partial charge on any atom is -0.496 e.